The van der Waals surface area contributed by atoms with Gasteiger partial charge in [0.1, 0.15) is 17.2 Å². The molecule has 7 heteroatoms. The molecule has 0 aromatic heterocycles. The zero-order valence-electron chi connectivity index (χ0n) is 18.0. The van der Waals surface area contributed by atoms with Crippen LogP contribution in [-0.4, -0.2) is 52.8 Å². The number of hydrogen-bond acceptors (Lipinski definition) is 5. The van der Waals surface area contributed by atoms with Gasteiger partial charge in [-0.2, -0.15) is 0 Å². The fraction of sp³-hybridized carbons (Fsp3) is 0.480. The highest BCUT2D eigenvalue weighted by molar-refractivity contribution is 5.95. The topological polar surface area (TPSA) is 73.2 Å². The molecular formula is C25H29FN2O4. The highest BCUT2D eigenvalue weighted by atomic mass is 19.1. The van der Waals surface area contributed by atoms with Gasteiger partial charge in [-0.05, 0) is 55.2 Å². The number of amides is 1. The van der Waals surface area contributed by atoms with Crippen LogP contribution in [0.15, 0.2) is 42.5 Å². The third kappa shape index (κ3) is 4.12. The van der Waals surface area contributed by atoms with E-state index in [4.69, 9.17) is 4.74 Å². The molecular weight excluding hydrogens is 411 g/mol. The molecule has 5 rings (SSSR count). The third-order valence-corrected chi connectivity index (χ3v) is 7.08. The molecule has 170 valence electrons. The summed E-state index contributed by atoms with van der Waals surface area (Å²) in [6, 6.07) is 11.9. The van der Waals surface area contributed by atoms with Crippen molar-refractivity contribution < 1.29 is 24.1 Å². The predicted octanol–water partition coefficient (Wildman–Crippen LogP) is 3.34. The molecule has 0 aliphatic carbocycles. The molecule has 32 heavy (non-hydrogen) atoms. The van der Waals surface area contributed by atoms with Crippen LogP contribution in [0, 0.1) is 5.82 Å². The van der Waals surface area contributed by atoms with Crippen LogP contribution in [0.5, 0.6) is 5.75 Å². The van der Waals surface area contributed by atoms with E-state index >= 15 is 0 Å². The van der Waals surface area contributed by atoms with Crippen LogP contribution in [0.3, 0.4) is 0 Å². The zero-order valence-corrected chi connectivity index (χ0v) is 18.0. The van der Waals surface area contributed by atoms with E-state index in [1.807, 2.05) is 24.3 Å². The number of carbonyl (C=O) groups is 1. The number of β-amino-alcohol motifs (C(OH)–C–C–N with tert-alkyl or cyclic N) is 1. The van der Waals surface area contributed by atoms with Crippen LogP contribution in [0.1, 0.15) is 55.4 Å². The van der Waals surface area contributed by atoms with E-state index in [0.29, 0.717) is 30.7 Å². The molecule has 2 saturated heterocycles. The average molecular weight is 441 g/mol. The maximum atomic E-state index is 13.5. The Morgan fingerprint density at radius 3 is 2.56 bits per heavy atom. The first-order valence-electron chi connectivity index (χ1n) is 11.4. The lowest BCUT2D eigenvalue weighted by Crippen LogP contribution is -2.51. The van der Waals surface area contributed by atoms with Gasteiger partial charge in [-0.15, -0.1) is 0 Å². The molecule has 3 aliphatic rings. The number of carbonyl (C=O) groups excluding carboxylic acids is 1. The lowest BCUT2D eigenvalue weighted by molar-refractivity contribution is -0.117. The number of rotatable bonds is 4. The Morgan fingerprint density at radius 2 is 1.88 bits per heavy atom. The van der Waals surface area contributed by atoms with E-state index in [-0.39, 0.29) is 11.7 Å². The molecule has 2 aromatic rings. The van der Waals surface area contributed by atoms with Crippen LogP contribution in [0.25, 0.3) is 0 Å². The minimum atomic E-state index is -0.729. The van der Waals surface area contributed by atoms with Gasteiger partial charge in [0.2, 0.25) is 5.91 Å². The van der Waals surface area contributed by atoms with Gasteiger partial charge < -0.3 is 24.7 Å². The number of anilines is 1. The number of ether oxygens (including phenoxy) is 1. The van der Waals surface area contributed by atoms with Gasteiger partial charge in [-0.3, -0.25) is 4.79 Å². The van der Waals surface area contributed by atoms with Gasteiger partial charge in [0.25, 0.3) is 0 Å². The van der Waals surface area contributed by atoms with Gasteiger partial charge in [0.05, 0.1) is 12.2 Å². The Bertz CT molecular complexity index is 988. The average Bonchev–Trinajstić information content (AvgIpc) is 3.22. The molecule has 3 aliphatic heterocycles. The highest BCUT2D eigenvalue weighted by Crippen LogP contribution is 2.44. The predicted molar refractivity (Wildman–Crippen MR) is 118 cm³/mol. The van der Waals surface area contributed by atoms with Gasteiger partial charge in [0, 0.05) is 50.3 Å². The number of aliphatic hydroxyl groups is 2. The van der Waals surface area contributed by atoms with Crippen molar-refractivity contribution in [1.29, 1.82) is 0 Å². The van der Waals surface area contributed by atoms with Crippen molar-refractivity contribution in [2.24, 2.45) is 0 Å². The van der Waals surface area contributed by atoms with E-state index in [1.54, 1.807) is 11.0 Å². The van der Waals surface area contributed by atoms with E-state index in [2.05, 4.69) is 4.90 Å². The molecule has 2 N–H and O–H groups in total. The van der Waals surface area contributed by atoms with Crippen molar-refractivity contribution in [3.05, 3.63) is 59.4 Å². The van der Waals surface area contributed by atoms with E-state index < -0.39 is 17.8 Å². The van der Waals surface area contributed by atoms with Gasteiger partial charge >= 0.3 is 0 Å². The van der Waals surface area contributed by atoms with Crippen molar-refractivity contribution in [3.8, 4) is 5.75 Å². The molecule has 1 spiro atoms. The molecule has 0 saturated carbocycles. The number of halogens is 1. The summed E-state index contributed by atoms with van der Waals surface area (Å²) in [5.74, 6) is 0.352. The normalized spacial score (nSPS) is 23.8. The number of aliphatic hydroxyl groups excluding tert-OH is 2. The van der Waals surface area contributed by atoms with E-state index in [0.717, 1.165) is 50.1 Å². The van der Waals surface area contributed by atoms with Crippen LogP contribution < -0.4 is 9.64 Å². The number of nitrogens with zero attached hydrogens (tertiary/aromatic N) is 2. The molecule has 0 bridgehead atoms. The summed E-state index contributed by atoms with van der Waals surface area (Å²) in [5.41, 5.74) is 1.79. The summed E-state index contributed by atoms with van der Waals surface area (Å²) in [4.78, 5) is 15.9. The number of benzene rings is 2. The van der Waals surface area contributed by atoms with Crippen molar-refractivity contribution in [2.45, 2.75) is 49.9 Å². The van der Waals surface area contributed by atoms with Crippen LogP contribution >= 0.6 is 0 Å². The second-order valence-corrected chi connectivity index (χ2v) is 9.24. The number of hydrogen-bond donors (Lipinski definition) is 2. The van der Waals surface area contributed by atoms with Crippen molar-refractivity contribution in [2.75, 3.05) is 31.1 Å². The molecule has 6 nitrogen and oxygen atoms in total. The SMILES string of the molecule is O=C1CCCN1c1ccc(C(O)CN2CCC3(CC2)CC(O)c2cc(F)ccc2O3)cc1. The fourth-order valence-corrected chi connectivity index (χ4v) is 5.21. The Morgan fingerprint density at radius 1 is 1.12 bits per heavy atom. The number of fused-ring (bicyclic) bond motifs is 1. The lowest BCUT2D eigenvalue weighted by Gasteiger charge is -2.46. The Hall–Kier alpha value is -2.48. The minimum Gasteiger partial charge on any atom is -0.487 e. The van der Waals surface area contributed by atoms with Gasteiger partial charge in [-0.25, -0.2) is 4.39 Å². The number of likely N-dealkylation sites (tertiary alicyclic amines) is 1. The van der Waals surface area contributed by atoms with Crippen LogP contribution in [0.2, 0.25) is 0 Å². The zero-order chi connectivity index (χ0) is 22.3. The summed E-state index contributed by atoms with van der Waals surface area (Å²) >= 11 is 0. The molecule has 2 unspecified atom stereocenters. The monoisotopic (exact) mass is 440 g/mol. The maximum absolute atomic E-state index is 13.5. The smallest absolute Gasteiger partial charge is 0.227 e. The number of piperidine rings is 1. The first-order valence-corrected chi connectivity index (χ1v) is 11.4. The standard InChI is InChI=1S/C25H29FN2O4/c26-18-5-8-23-20(14-18)21(29)15-25(32-23)9-12-27(13-10-25)16-22(30)17-3-6-19(7-4-17)28-11-1-2-24(28)31/h3-8,14,21-22,29-30H,1-2,9-13,15-16H2. The summed E-state index contributed by atoms with van der Waals surface area (Å²) < 4.78 is 19.8. The first-order chi connectivity index (χ1) is 15.4. The van der Waals surface area contributed by atoms with Gasteiger partial charge in [-0.1, -0.05) is 12.1 Å². The van der Waals surface area contributed by atoms with Crippen LogP contribution in [0.4, 0.5) is 10.1 Å². The third-order valence-electron chi connectivity index (χ3n) is 7.08. The fourth-order valence-electron chi connectivity index (χ4n) is 5.21. The molecule has 3 heterocycles. The summed E-state index contributed by atoms with van der Waals surface area (Å²) in [5, 5.41) is 21.3. The van der Waals surface area contributed by atoms with Crippen molar-refractivity contribution >= 4 is 11.6 Å². The highest BCUT2D eigenvalue weighted by Gasteiger charge is 2.43. The Kier molecular flexibility index (Phi) is 5.65. The molecule has 0 radical (unpaired) electrons. The quantitative estimate of drug-likeness (QED) is 0.763. The molecule has 1 amide bonds. The van der Waals surface area contributed by atoms with Crippen molar-refractivity contribution in [1.82, 2.24) is 4.90 Å². The molecule has 2 fully saturated rings. The maximum Gasteiger partial charge on any atom is 0.227 e. The lowest BCUT2D eigenvalue weighted by atomic mass is 9.81. The van der Waals surface area contributed by atoms with E-state index in [1.165, 1.54) is 12.1 Å². The first kappa shape index (κ1) is 21.4. The summed E-state index contributed by atoms with van der Waals surface area (Å²) in [7, 11) is 0. The minimum absolute atomic E-state index is 0.156. The summed E-state index contributed by atoms with van der Waals surface area (Å²) in [6.45, 7) is 2.77. The molecule has 2 aromatic carbocycles. The second-order valence-electron chi connectivity index (χ2n) is 9.24. The largest absolute Gasteiger partial charge is 0.487 e. The Balaban J connectivity index is 1.18. The summed E-state index contributed by atoms with van der Waals surface area (Å²) in [6.07, 6.45) is 2.08. The van der Waals surface area contributed by atoms with E-state index in [9.17, 15) is 19.4 Å². The van der Waals surface area contributed by atoms with Crippen molar-refractivity contribution in [3.63, 3.8) is 0 Å². The second kappa shape index (κ2) is 8.46. The van der Waals surface area contributed by atoms with Crippen LogP contribution in [-0.2, 0) is 4.79 Å². The van der Waals surface area contributed by atoms with Gasteiger partial charge in [0.15, 0.2) is 0 Å². The molecule has 2 atom stereocenters. The Labute approximate surface area is 187 Å².